The van der Waals surface area contributed by atoms with Crippen molar-refractivity contribution in [3.05, 3.63) is 29.8 Å². The summed E-state index contributed by atoms with van der Waals surface area (Å²) in [6, 6.07) is 7.23. The number of ether oxygens (including phenoxy) is 2. The Kier molecular flexibility index (Phi) is 7.09. The van der Waals surface area contributed by atoms with E-state index in [0.29, 0.717) is 43.9 Å². The zero-order valence-corrected chi connectivity index (χ0v) is 14.6. The molecule has 132 valence electrons. The topological polar surface area (TPSA) is 55.8 Å². The number of carbonyl (C=O) groups is 2. The lowest BCUT2D eigenvalue weighted by Crippen LogP contribution is -2.40. The molecule has 0 aliphatic carbocycles. The quantitative estimate of drug-likeness (QED) is 0.567. The predicted molar refractivity (Wildman–Crippen MR) is 92.1 cm³/mol. The van der Waals surface area contributed by atoms with Gasteiger partial charge in [0, 0.05) is 13.1 Å². The van der Waals surface area contributed by atoms with Crippen molar-refractivity contribution < 1.29 is 19.1 Å². The molecule has 0 saturated carbocycles. The van der Waals surface area contributed by atoms with Gasteiger partial charge in [-0.2, -0.15) is 0 Å². The third-order valence-corrected chi connectivity index (χ3v) is 4.45. The van der Waals surface area contributed by atoms with Gasteiger partial charge in [0.15, 0.2) is 0 Å². The summed E-state index contributed by atoms with van der Waals surface area (Å²) >= 11 is 0. The molecule has 0 aromatic heterocycles. The summed E-state index contributed by atoms with van der Waals surface area (Å²) in [7, 11) is 1.56. The number of nitrogens with zero attached hydrogens (tertiary/aromatic N) is 1. The first-order valence-corrected chi connectivity index (χ1v) is 8.76. The molecule has 1 aliphatic rings. The highest BCUT2D eigenvalue weighted by molar-refractivity contribution is 5.97. The predicted octanol–water partition coefficient (Wildman–Crippen LogP) is 3.28. The SMILES string of the molecule is CCCCCOC(=O)C1CCN(C(=O)c2ccccc2OC)CC1. The van der Waals surface area contributed by atoms with Gasteiger partial charge in [-0.3, -0.25) is 9.59 Å². The van der Waals surface area contributed by atoms with Crippen molar-refractivity contribution in [2.24, 2.45) is 5.92 Å². The lowest BCUT2D eigenvalue weighted by Gasteiger charge is -2.31. The lowest BCUT2D eigenvalue weighted by atomic mass is 9.96. The number of methoxy groups -OCH3 is 1. The molecule has 0 spiro atoms. The Bertz CT molecular complexity index is 550. The molecule has 5 heteroatoms. The van der Waals surface area contributed by atoms with Gasteiger partial charge >= 0.3 is 5.97 Å². The summed E-state index contributed by atoms with van der Waals surface area (Å²) < 4.78 is 10.6. The monoisotopic (exact) mass is 333 g/mol. The molecule has 1 fully saturated rings. The highest BCUT2D eigenvalue weighted by Gasteiger charge is 2.29. The summed E-state index contributed by atoms with van der Waals surface area (Å²) in [6.07, 6.45) is 4.44. The maximum atomic E-state index is 12.6. The fourth-order valence-corrected chi connectivity index (χ4v) is 2.95. The van der Waals surface area contributed by atoms with Crippen LogP contribution < -0.4 is 4.74 Å². The highest BCUT2D eigenvalue weighted by atomic mass is 16.5. The van der Waals surface area contributed by atoms with Crippen LogP contribution in [-0.4, -0.2) is 43.6 Å². The number of amides is 1. The number of likely N-dealkylation sites (tertiary alicyclic amines) is 1. The van der Waals surface area contributed by atoms with E-state index in [1.807, 2.05) is 12.1 Å². The minimum Gasteiger partial charge on any atom is -0.496 e. The number of piperidine rings is 1. The molecule has 1 aliphatic heterocycles. The van der Waals surface area contributed by atoms with Crippen LogP contribution in [0.25, 0.3) is 0 Å². The zero-order chi connectivity index (χ0) is 17.4. The highest BCUT2D eigenvalue weighted by Crippen LogP contribution is 2.24. The van der Waals surface area contributed by atoms with Gasteiger partial charge in [-0.15, -0.1) is 0 Å². The largest absolute Gasteiger partial charge is 0.496 e. The Balaban J connectivity index is 1.84. The van der Waals surface area contributed by atoms with Crippen LogP contribution in [0.4, 0.5) is 0 Å². The van der Waals surface area contributed by atoms with E-state index in [0.717, 1.165) is 19.3 Å². The van der Waals surface area contributed by atoms with Crippen LogP contribution in [-0.2, 0) is 9.53 Å². The fourth-order valence-electron chi connectivity index (χ4n) is 2.95. The molecular weight excluding hydrogens is 306 g/mol. The standard InChI is InChI=1S/C19H27NO4/c1-3-4-7-14-24-19(22)15-10-12-20(13-11-15)18(21)16-8-5-6-9-17(16)23-2/h5-6,8-9,15H,3-4,7,10-14H2,1-2H3. The van der Waals surface area contributed by atoms with Crippen LogP contribution in [0.2, 0.25) is 0 Å². The number of para-hydroxylation sites is 1. The number of benzene rings is 1. The van der Waals surface area contributed by atoms with Gasteiger partial charge < -0.3 is 14.4 Å². The number of carbonyl (C=O) groups excluding carboxylic acids is 2. The molecule has 1 amide bonds. The summed E-state index contributed by atoms with van der Waals surface area (Å²) in [6.45, 7) is 3.78. The third kappa shape index (κ3) is 4.73. The molecule has 24 heavy (non-hydrogen) atoms. The van der Waals surface area contributed by atoms with Crippen molar-refractivity contribution in [1.29, 1.82) is 0 Å². The van der Waals surface area contributed by atoms with Crippen LogP contribution in [0, 0.1) is 5.92 Å². The summed E-state index contributed by atoms with van der Waals surface area (Å²) in [4.78, 5) is 26.5. The van der Waals surface area contributed by atoms with Crippen molar-refractivity contribution in [3.8, 4) is 5.75 Å². The fraction of sp³-hybridized carbons (Fsp3) is 0.579. The van der Waals surface area contributed by atoms with Crippen LogP contribution in [0.15, 0.2) is 24.3 Å². The van der Waals surface area contributed by atoms with Crippen LogP contribution in [0.1, 0.15) is 49.4 Å². The number of hydrogen-bond donors (Lipinski definition) is 0. The van der Waals surface area contributed by atoms with Crippen molar-refractivity contribution in [2.45, 2.75) is 39.0 Å². The van der Waals surface area contributed by atoms with E-state index in [1.165, 1.54) is 0 Å². The molecule has 1 heterocycles. The Labute approximate surface area is 143 Å². The Hall–Kier alpha value is -2.04. The lowest BCUT2D eigenvalue weighted by molar-refractivity contribution is -0.150. The van der Waals surface area contributed by atoms with Crippen molar-refractivity contribution in [3.63, 3.8) is 0 Å². The average Bonchev–Trinajstić information content (AvgIpc) is 2.64. The van der Waals surface area contributed by atoms with E-state index < -0.39 is 0 Å². The second kappa shape index (κ2) is 9.30. The Morgan fingerprint density at radius 2 is 1.88 bits per heavy atom. The van der Waals surface area contributed by atoms with E-state index in [-0.39, 0.29) is 17.8 Å². The molecule has 0 radical (unpaired) electrons. The average molecular weight is 333 g/mol. The van der Waals surface area contributed by atoms with Crippen LogP contribution in [0.3, 0.4) is 0 Å². The molecule has 2 rings (SSSR count). The van der Waals surface area contributed by atoms with E-state index in [9.17, 15) is 9.59 Å². The van der Waals surface area contributed by atoms with E-state index >= 15 is 0 Å². The summed E-state index contributed by atoms with van der Waals surface area (Å²) in [5, 5.41) is 0. The van der Waals surface area contributed by atoms with E-state index in [1.54, 1.807) is 24.1 Å². The number of unbranched alkanes of at least 4 members (excludes halogenated alkanes) is 2. The number of rotatable bonds is 7. The van der Waals surface area contributed by atoms with Crippen LogP contribution in [0.5, 0.6) is 5.75 Å². The molecule has 5 nitrogen and oxygen atoms in total. The van der Waals surface area contributed by atoms with E-state index in [2.05, 4.69) is 6.92 Å². The summed E-state index contributed by atoms with van der Waals surface area (Å²) in [5.74, 6) is 0.339. The Morgan fingerprint density at radius 3 is 2.54 bits per heavy atom. The first-order chi connectivity index (χ1) is 11.7. The molecule has 0 unspecified atom stereocenters. The van der Waals surface area contributed by atoms with Crippen molar-refractivity contribution in [1.82, 2.24) is 4.90 Å². The first-order valence-electron chi connectivity index (χ1n) is 8.76. The maximum absolute atomic E-state index is 12.6. The second-order valence-corrected chi connectivity index (χ2v) is 6.14. The molecule has 1 saturated heterocycles. The minimum absolute atomic E-state index is 0.0396. The van der Waals surface area contributed by atoms with Crippen molar-refractivity contribution in [2.75, 3.05) is 26.8 Å². The first kappa shape index (κ1) is 18.3. The normalized spacial score (nSPS) is 15.2. The molecule has 0 bridgehead atoms. The zero-order valence-electron chi connectivity index (χ0n) is 14.6. The van der Waals surface area contributed by atoms with Gasteiger partial charge in [-0.05, 0) is 31.4 Å². The maximum Gasteiger partial charge on any atom is 0.309 e. The van der Waals surface area contributed by atoms with Gasteiger partial charge in [0.05, 0.1) is 25.2 Å². The molecule has 0 N–H and O–H groups in total. The molecular formula is C19H27NO4. The molecule has 1 aromatic carbocycles. The van der Waals surface area contributed by atoms with Crippen LogP contribution >= 0.6 is 0 Å². The number of hydrogen-bond acceptors (Lipinski definition) is 4. The minimum atomic E-state index is -0.115. The van der Waals surface area contributed by atoms with Gasteiger partial charge in [-0.1, -0.05) is 31.9 Å². The Morgan fingerprint density at radius 1 is 1.17 bits per heavy atom. The van der Waals surface area contributed by atoms with Crippen molar-refractivity contribution >= 4 is 11.9 Å². The van der Waals surface area contributed by atoms with E-state index in [4.69, 9.17) is 9.47 Å². The third-order valence-electron chi connectivity index (χ3n) is 4.45. The van der Waals surface area contributed by atoms with Gasteiger partial charge in [0.2, 0.25) is 0 Å². The molecule has 0 atom stereocenters. The van der Waals surface area contributed by atoms with Gasteiger partial charge in [0.25, 0.3) is 5.91 Å². The molecule has 1 aromatic rings. The summed E-state index contributed by atoms with van der Waals surface area (Å²) in [5.41, 5.74) is 0.570. The van der Waals surface area contributed by atoms with Gasteiger partial charge in [-0.25, -0.2) is 0 Å². The second-order valence-electron chi connectivity index (χ2n) is 6.14. The smallest absolute Gasteiger partial charge is 0.309 e. The number of esters is 1. The van der Waals surface area contributed by atoms with Gasteiger partial charge in [0.1, 0.15) is 5.75 Å².